The lowest BCUT2D eigenvalue weighted by Crippen LogP contribution is -2.31. The van der Waals surface area contributed by atoms with Gasteiger partial charge in [-0.2, -0.15) is 4.73 Å². The molecule has 0 bridgehead atoms. The molecule has 0 spiro atoms. The summed E-state index contributed by atoms with van der Waals surface area (Å²) in [5.74, 6) is 0. The van der Waals surface area contributed by atoms with Gasteiger partial charge in [0.05, 0.1) is 4.43 Å². The summed E-state index contributed by atoms with van der Waals surface area (Å²) < 4.78 is 2.19. The quantitative estimate of drug-likeness (QED) is 0.400. The molecule has 0 unspecified atom stereocenters. The molecule has 0 saturated carbocycles. The zero-order chi connectivity index (χ0) is 11.0. The normalized spacial score (nSPS) is 15.9. The first-order chi connectivity index (χ1) is 7.13. The van der Waals surface area contributed by atoms with Gasteiger partial charge in [-0.25, -0.2) is 0 Å². The van der Waals surface area contributed by atoms with E-state index in [-0.39, 0.29) is 0 Å². The van der Waals surface area contributed by atoms with Crippen LogP contribution in [0.5, 0.6) is 0 Å². The second kappa shape index (κ2) is 3.68. The summed E-state index contributed by atoms with van der Waals surface area (Å²) in [5, 5.41) is 9.94. The van der Waals surface area contributed by atoms with Gasteiger partial charge in [0.25, 0.3) is 11.4 Å². The first-order valence-electron chi connectivity index (χ1n) is 5.48. The highest BCUT2D eigenvalue weighted by atomic mass is 16.5. The van der Waals surface area contributed by atoms with Gasteiger partial charge >= 0.3 is 0 Å². The maximum absolute atomic E-state index is 11.9. The largest absolute Gasteiger partial charge is 0.428 e. The topological polar surface area (TPSA) is 48.1 Å². The van der Waals surface area contributed by atoms with Gasteiger partial charge in [0, 0.05) is 18.3 Å². The molecule has 0 saturated heterocycles. The lowest BCUT2D eigenvalue weighted by molar-refractivity contribution is -0.515. The zero-order valence-corrected chi connectivity index (χ0v) is 9.29. The Bertz CT molecular complexity index is 449. The maximum atomic E-state index is 11.9. The van der Waals surface area contributed by atoms with Crippen molar-refractivity contribution in [1.82, 2.24) is 4.73 Å². The molecule has 82 valence electrons. The predicted octanol–water partition coefficient (Wildman–Crippen LogP) is 1.53. The van der Waals surface area contributed by atoms with Crippen molar-refractivity contribution in [3.05, 3.63) is 27.7 Å². The fourth-order valence-corrected chi connectivity index (χ4v) is 2.20. The molecule has 1 aromatic heterocycles. The first kappa shape index (κ1) is 10.2. The van der Waals surface area contributed by atoms with Crippen molar-refractivity contribution >= 4 is 0 Å². The summed E-state index contributed by atoms with van der Waals surface area (Å²) in [7, 11) is 0. The maximum Gasteiger partial charge on any atom is 0.262 e. The number of fused-ring (bicyclic) bond motifs is 1. The molecule has 0 atom stereocenters. The molecule has 1 aromatic rings. The lowest BCUT2D eigenvalue weighted by Gasteiger charge is -2.08. The smallest absolute Gasteiger partial charge is 0.262 e. The van der Waals surface area contributed by atoms with E-state index in [1.165, 1.54) is 4.73 Å². The van der Waals surface area contributed by atoms with Gasteiger partial charge in [-0.1, -0.05) is 6.42 Å². The molecule has 0 aromatic carbocycles. The monoisotopic (exact) mass is 209 g/mol. The second-order valence-electron chi connectivity index (χ2n) is 4.23. The van der Waals surface area contributed by atoms with E-state index in [0.29, 0.717) is 11.4 Å². The second-order valence-corrected chi connectivity index (χ2v) is 4.23. The summed E-state index contributed by atoms with van der Waals surface area (Å²) >= 11 is 0. The number of rotatable bonds is 0. The van der Waals surface area contributed by atoms with Crippen LogP contribution >= 0.6 is 0 Å². The highest BCUT2D eigenvalue weighted by Gasteiger charge is 2.26. The molecule has 1 heterocycles. The van der Waals surface area contributed by atoms with E-state index in [0.717, 1.165) is 47.9 Å². The Kier molecular flexibility index (Phi) is 2.50. The van der Waals surface area contributed by atoms with Crippen LogP contribution in [0.3, 0.4) is 0 Å². The summed E-state index contributed by atoms with van der Waals surface area (Å²) in [4.78, 5) is 11.9. The van der Waals surface area contributed by atoms with Crippen molar-refractivity contribution < 1.29 is 9.63 Å². The first-order valence-corrected chi connectivity index (χ1v) is 5.48. The van der Waals surface area contributed by atoms with Gasteiger partial charge < -0.3 is 5.21 Å². The molecular formula is C11H17N2O2+. The van der Waals surface area contributed by atoms with Crippen LogP contribution in [0.1, 0.15) is 42.0 Å². The Morgan fingerprint density at radius 3 is 2.60 bits per heavy atom. The van der Waals surface area contributed by atoms with Crippen LogP contribution in [0.4, 0.5) is 0 Å². The van der Waals surface area contributed by atoms with Crippen molar-refractivity contribution in [1.29, 1.82) is 0 Å². The zero-order valence-electron chi connectivity index (χ0n) is 9.29. The Labute approximate surface area is 88.7 Å². The van der Waals surface area contributed by atoms with Crippen molar-refractivity contribution in [3.8, 4) is 0 Å². The molecular weight excluding hydrogens is 192 g/mol. The van der Waals surface area contributed by atoms with Crippen LogP contribution in [-0.4, -0.2) is 9.94 Å². The summed E-state index contributed by atoms with van der Waals surface area (Å²) in [5.41, 5.74) is 2.78. The van der Waals surface area contributed by atoms with Gasteiger partial charge in [0.1, 0.15) is 11.4 Å². The minimum absolute atomic E-state index is 0.596. The van der Waals surface area contributed by atoms with Crippen LogP contribution in [0.2, 0.25) is 0 Å². The van der Waals surface area contributed by atoms with E-state index in [1.807, 2.05) is 0 Å². The number of hydrogen-bond donors (Lipinski definition) is 1. The molecule has 4 nitrogen and oxygen atoms in total. The minimum atomic E-state index is 0.596. The van der Waals surface area contributed by atoms with Gasteiger partial charge in [-0.05, 0) is 26.2 Å². The lowest BCUT2D eigenvalue weighted by atomic mass is 10.2. The van der Waals surface area contributed by atoms with Crippen LogP contribution in [0, 0.1) is 18.8 Å². The third-order valence-corrected chi connectivity index (χ3v) is 3.31. The third kappa shape index (κ3) is 1.54. The highest BCUT2D eigenvalue weighted by molar-refractivity contribution is 5.15. The van der Waals surface area contributed by atoms with Gasteiger partial charge in [0.15, 0.2) is 0 Å². The molecule has 0 fully saturated rings. The fourth-order valence-electron chi connectivity index (χ4n) is 2.20. The SMILES string of the molecule is Cc1c(C)[n+](=O)c2c(n1O)CCCCC2. The third-order valence-electron chi connectivity index (χ3n) is 3.31. The van der Waals surface area contributed by atoms with Crippen molar-refractivity contribution in [2.75, 3.05) is 0 Å². The van der Waals surface area contributed by atoms with Crippen molar-refractivity contribution in [2.45, 2.75) is 46.0 Å². The molecule has 15 heavy (non-hydrogen) atoms. The fraction of sp³-hybridized carbons (Fsp3) is 0.636. The minimum Gasteiger partial charge on any atom is -0.428 e. The van der Waals surface area contributed by atoms with Crippen LogP contribution in [0.15, 0.2) is 0 Å². The predicted molar refractivity (Wildman–Crippen MR) is 55.7 cm³/mol. The molecule has 2 rings (SSSR count). The molecule has 1 aliphatic carbocycles. The molecule has 0 amide bonds. The van der Waals surface area contributed by atoms with Crippen LogP contribution in [0.25, 0.3) is 0 Å². The molecule has 4 heteroatoms. The average Bonchev–Trinajstić information content (AvgIpc) is 2.48. The summed E-state index contributed by atoms with van der Waals surface area (Å²) in [6.45, 7) is 3.52. The van der Waals surface area contributed by atoms with E-state index in [4.69, 9.17) is 0 Å². The molecule has 0 aliphatic heterocycles. The van der Waals surface area contributed by atoms with Gasteiger partial charge in [-0.15, -0.1) is 0 Å². The van der Waals surface area contributed by atoms with Gasteiger partial charge in [0.2, 0.25) is 0 Å². The highest BCUT2D eigenvalue weighted by Crippen LogP contribution is 2.18. The van der Waals surface area contributed by atoms with Crippen LogP contribution < -0.4 is 4.43 Å². The van der Waals surface area contributed by atoms with Gasteiger partial charge in [-0.3, -0.25) is 0 Å². The molecule has 0 radical (unpaired) electrons. The van der Waals surface area contributed by atoms with E-state index >= 15 is 0 Å². The Balaban J connectivity index is 2.72. The van der Waals surface area contributed by atoms with E-state index in [2.05, 4.69) is 0 Å². The molecule has 1 N–H and O–H groups in total. The average molecular weight is 209 g/mol. The standard InChI is InChI=1S/C11H17N2O2/c1-8-9(2)13(15)11-7-5-3-4-6-10(11)12(8)14/h14H,3-7H2,1-2H3/q+1. The van der Waals surface area contributed by atoms with Crippen molar-refractivity contribution in [3.63, 3.8) is 0 Å². The van der Waals surface area contributed by atoms with E-state index in [9.17, 15) is 10.1 Å². The van der Waals surface area contributed by atoms with E-state index in [1.54, 1.807) is 13.8 Å². The summed E-state index contributed by atoms with van der Waals surface area (Å²) in [6.07, 6.45) is 4.80. The Hall–Kier alpha value is -1.32. The Morgan fingerprint density at radius 1 is 1.20 bits per heavy atom. The number of hydrogen-bond acceptors (Lipinski definition) is 2. The number of aromatic nitrogens is 2. The summed E-state index contributed by atoms with van der Waals surface area (Å²) in [6, 6.07) is 0. The Morgan fingerprint density at radius 2 is 1.87 bits per heavy atom. The van der Waals surface area contributed by atoms with Crippen molar-refractivity contribution in [2.24, 2.45) is 0 Å². The number of nitrogens with zero attached hydrogens (tertiary/aromatic N) is 2. The van der Waals surface area contributed by atoms with E-state index < -0.39 is 0 Å². The molecule has 1 aliphatic rings. The van der Waals surface area contributed by atoms with Crippen LogP contribution in [-0.2, 0) is 12.8 Å².